The summed E-state index contributed by atoms with van der Waals surface area (Å²) in [5.74, 6) is -1.19. The van der Waals surface area contributed by atoms with Gasteiger partial charge in [0, 0.05) is 17.8 Å². The second-order valence-corrected chi connectivity index (χ2v) is 5.86. The van der Waals surface area contributed by atoms with Crippen LogP contribution in [0.3, 0.4) is 0 Å². The molecular weight excluding hydrogens is 262 g/mol. The van der Waals surface area contributed by atoms with Crippen LogP contribution in [0.4, 0.5) is 0 Å². The van der Waals surface area contributed by atoms with Crippen molar-refractivity contribution in [2.45, 2.75) is 38.6 Å². The van der Waals surface area contributed by atoms with Gasteiger partial charge in [-0.2, -0.15) is 0 Å². The summed E-state index contributed by atoms with van der Waals surface area (Å²) in [4.78, 5) is 26.3. The number of carboxylic acid groups (broad SMARTS) is 1. The van der Waals surface area contributed by atoms with E-state index in [1.54, 1.807) is 4.90 Å². The molecule has 4 nitrogen and oxygen atoms in total. The molecule has 0 aromatic carbocycles. The van der Waals surface area contributed by atoms with Gasteiger partial charge in [0.05, 0.1) is 12.0 Å². The van der Waals surface area contributed by atoms with Gasteiger partial charge >= 0.3 is 5.97 Å². The number of unbranched alkanes of at least 4 members (excludes halogenated alkanes) is 1. The molecule has 1 aromatic rings. The molecule has 1 saturated heterocycles. The fraction of sp³-hybridized carbons (Fsp3) is 0.571. The third-order valence-corrected chi connectivity index (χ3v) is 4.55. The third-order valence-electron chi connectivity index (χ3n) is 3.61. The van der Waals surface area contributed by atoms with Crippen molar-refractivity contribution in [1.82, 2.24) is 4.90 Å². The van der Waals surface area contributed by atoms with Crippen molar-refractivity contribution in [2.24, 2.45) is 5.92 Å². The molecule has 0 saturated carbocycles. The summed E-state index contributed by atoms with van der Waals surface area (Å²) >= 11 is 1.53. The number of nitrogens with zero attached hydrogens (tertiary/aromatic N) is 1. The van der Waals surface area contributed by atoms with E-state index in [2.05, 4.69) is 6.92 Å². The van der Waals surface area contributed by atoms with Crippen LogP contribution < -0.4 is 0 Å². The standard InChI is InChI=1S/C14H19NO3S/c1-2-3-8-15-12(16)7-6-10(14(17)18)13(15)11-5-4-9-19-11/h4-5,9-10,13H,2-3,6-8H2,1H3,(H,17,18)/t10-,13+/m0/s1. The van der Waals surface area contributed by atoms with Crippen LogP contribution in [0.5, 0.6) is 0 Å². The molecule has 2 rings (SSSR count). The lowest BCUT2D eigenvalue weighted by Gasteiger charge is -2.39. The number of carbonyl (C=O) groups is 2. The Bertz CT molecular complexity index is 444. The molecule has 2 heterocycles. The van der Waals surface area contributed by atoms with Crippen molar-refractivity contribution in [3.8, 4) is 0 Å². The summed E-state index contributed by atoms with van der Waals surface area (Å²) in [5, 5.41) is 11.3. The van der Waals surface area contributed by atoms with Crippen molar-refractivity contribution in [3.05, 3.63) is 22.4 Å². The van der Waals surface area contributed by atoms with Gasteiger partial charge in [-0.25, -0.2) is 0 Å². The fourth-order valence-corrected chi connectivity index (χ4v) is 3.52. The van der Waals surface area contributed by atoms with E-state index >= 15 is 0 Å². The van der Waals surface area contributed by atoms with E-state index in [0.29, 0.717) is 19.4 Å². The van der Waals surface area contributed by atoms with E-state index < -0.39 is 11.9 Å². The van der Waals surface area contributed by atoms with Crippen LogP contribution in [0.25, 0.3) is 0 Å². The first-order valence-electron chi connectivity index (χ1n) is 6.70. The Balaban J connectivity index is 2.29. The molecule has 1 fully saturated rings. The summed E-state index contributed by atoms with van der Waals surface area (Å²) in [6.07, 6.45) is 2.71. The molecular formula is C14H19NO3S. The number of rotatable bonds is 5. The van der Waals surface area contributed by atoms with Gasteiger partial charge < -0.3 is 10.0 Å². The van der Waals surface area contributed by atoms with Gasteiger partial charge in [0.15, 0.2) is 0 Å². The summed E-state index contributed by atoms with van der Waals surface area (Å²) in [6.45, 7) is 2.73. The first kappa shape index (κ1) is 14.1. The molecule has 0 bridgehead atoms. The van der Waals surface area contributed by atoms with Gasteiger partial charge in [-0.05, 0) is 24.3 Å². The lowest BCUT2D eigenvalue weighted by Crippen LogP contribution is -2.45. The monoisotopic (exact) mass is 281 g/mol. The minimum Gasteiger partial charge on any atom is -0.481 e. The van der Waals surface area contributed by atoms with E-state index in [4.69, 9.17) is 0 Å². The fourth-order valence-electron chi connectivity index (χ4n) is 2.62. The predicted molar refractivity (Wildman–Crippen MR) is 74.0 cm³/mol. The maximum absolute atomic E-state index is 12.1. The molecule has 0 unspecified atom stereocenters. The van der Waals surface area contributed by atoms with Crippen LogP contribution in [0.15, 0.2) is 17.5 Å². The molecule has 0 radical (unpaired) electrons. The van der Waals surface area contributed by atoms with Crippen molar-refractivity contribution in [3.63, 3.8) is 0 Å². The van der Waals surface area contributed by atoms with Crippen molar-refractivity contribution in [2.75, 3.05) is 6.54 Å². The molecule has 2 atom stereocenters. The number of carboxylic acids is 1. The molecule has 0 aliphatic carbocycles. The normalized spacial score (nSPS) is 23.6. The second kappa shape index (κ2) is 6.19. The molecule has 1 aliphatic rings. The molecule has 5 heteroatoms. The second-order valence-electron chi connectivity index (χ2n) is 4.88. The highest BCUT2D eigenvalue weighted by atomic mass is 32.1. The zero-order valence-electron chi connectivity index (χ0n) is 11.0. The van der Waals surface area contributed by atoms with Crippen LogP contribution >= 0.6 is 11.3 Å². The van der Waals surface area contributed by atoms with E-state index in [9.17, 15) is 14.7 Å². The average molecular weight is 281 g/mol. The number of likely N-dealkylation sites (tertiary alicyclic amines) is 1. The Morgan fingerprint density at radius 1 is 1.58 bits per heavy atom. The number of hydrogen-bond donors (Lipinski definition) is 1. The highest BCUT2D eigenvalue weighted by Gasteiger charge is 2.40. The van der Waals surface area contributed by atoms with Crippen LogP contribution in [0.1, 0.15) is 43.5 Å². The van der Waals surface area contributed by atoms with Crippen molar-refractivity contribution < 1.29 is 14.7 Å². The van der Waals surface area contributed by atoms with E-state index in [-0.39, 0.29) is 11.9 Å². The molecule has 1 N–H and O–H groups in total. The summed E-state index contributed by atoms with van der Waals surface area (Å²) in [6, 6.07) is 3.56. The Labute approximate surface area is 117 Å². The van der Waals surface area contributed by atoms with Crippen molar-refractivity contribution >= 4 is 23.2 Å². The van der Waals surface area contributed by atoms with Gasteiger partial charge in [-0.15, -0.1) is 11.3 Å². The first-order chi connectivity index (χ1) is 9.15. The first-order valence-corrected chi connectivity index (χ1v) is 7.58. The van der Waals surface area contributed by atoms with Crippen LogP contribution in [-0.4, -0.2) is 28.4 Å². The summed E-state index contributed by atoms with van der Waals surface area (Å²) in [5.41, 5.74) is 0. The minimum absolute atomic E-state index is 0.0874. The van der Waals surface area contributed by atoms with Gasteiger partial charge in [0.1, 0.15) is 0 Å². The molecule has 104 valence electrons. The molecule has 1 aromatic heterocycles. The number of amides is 1. The average Bonchev–Trinajstić information content (AvgIpc) is 2.90. The van der Waals surface area contributed by atoms with E-state index in [1.807, 2.05) is 17.5 Å². The number of thiophene rings is 1. The maximum Gasteiger partial charge on any atom is 0.308 e. The largest absolute Gasteiger partial charge is 0.481 e. The summed E-state index contributed by atoms with van der Waals surface area (Å²) < 4.78 is 0. The zero-order valence-corrected chi connectivity index (χ0v) is 11.9. The smallest absolute Gasteiger partial charge is 0.308 e. The number of hydrogen-bond acceptors (Lipinski definition) is 3. The number of aliphatic carboxylic acids is 1. The number of carbonyl (C=O) groups excluding carboxylic acids is 1. The van der Waals surface area contributed by atoms with Gasteiger partial charge in [-0.1, -0.05) is 19.4 Å². The molecule has 1 amide bonds. The lowest BCUT2D eigenvalue weighted by molar-refractivity contribution is -0.152. The van der Waals surface area contributed by atoms with Gasteiger partial charge in [-0.3, -0.25) is 9.59 Å². The number of piperidine rings is 1. The zero-order chi connectivity index (χ0) is 13.8. The quantitative estimate of drug-likeness (QED) is 0.902. The van der Waals surface area contributed by atoms with Gasteiger partial charge in [0.25, 0.3) is 0 Å². The highest BCUT2D eigenvalue weighted by molar-refractivity contribution is 7.10. The van der Waals surface area contributed by atoms with Crippen molar-refractivity contribution in [1.29, 1.82) is 0 Å². The van der Waals surface area contributed by atoms with E-state index in [0.717, 1.165) is 17.7 Å². The van der Waals surface area contributed by atoms with E-state index in [1.165, 1.54) is 11.3 Å². The topological polar surface area (TPSA) is 57.6 Å². The van der Waals surface area contributed by atoms with Crippen LogP contribution in [0, 0.1) is 5.92 Å². The Morgan fingerprint density at radius 3 is 2.95 bits per heavy atom. The SMILES string of the molecule is CCCCN1C(=O)CC[C@H](C(=O)O)[C@@H]1c1cccs1. The third kappa shape index (κ3) is 2.97. The van der Waals surface area contributed by atoms with Crippen LogP contribution in [0.2, 0.25) is 0 Å². The highest BCUT2D eigenvalue weighted by Crippen LogP contribution is 2.38. The molecule has 0 spiro atoms. The Hall–Kier alpha value is -1.36. The van der Waals surface area contributed by atoms with Gasteiger partial charge in [0.2, 0.25) is 5.91 Å². The maximum atomic E-state index is 12.1. The lowest BCUT2D eigenvalue weighted by atomic mass is 9.87. The Morgan fingerprint density at radius 2 is 2.37 bits per heavy atom. The predicted octanol–water partition coefficient (Wildman–Crippen LogP) is 2.91. The van der Waals surface area contributed by atoms with Crippen LogP contribution in [-0.2, 0) is 9.59 Å². The summed E-state index contributed by atoms with van der Waals surface area (Å²) in [7, 11) is 0. The minimum atomic E-state index is -0.799. The molecule has 1 aliphatic heterocycles. The molecule has 19 heavy (non-hydrogen) atoms. The Kier molecular flexibility index (Phi) is 4.58.